The van der Waals surface area contributed by atoms with Gasteiger partial charge in [0.25, 0.3) is 0 Å². The summed E-state index contributed by atoms with van der Waals surface area (Å²) in [6.07, 6.45) is 4.28. The van der Waals surface area contributed by atoms with Crippen LogP contribution in [0.3, 0.4) is 0 Å². The van der Waals surface area contributed by atoms with Crippen molar-refractivity contribution in [2.24, 2.45) is 5.73 Å². The van der Waals surface area contributed by atoms with E-state index >= 15 is 0 Å². The van der Waals surface area contributed by atoms with Crippen LogP contribution >= 0.6 is 0 Å². The third kappa shape index (κ3) is 2.67. The maximum Gasteiger partial charge on any atom is 0.123 e. The molecule has 0 radical (unpaired) electrons. The van der Waals surface area contributed by atoms with Crippen LogP contribution in [0.15, 0.2) is 30.9 Å². The van der Waals surface area contributed by atoms with Crippen molar-refractivity contribution in [2.45, 2.75) is 31.8 Å². The van der Waals surface area contributed by atoms with Gasteiger partial charge in [0.15, 0.2) is 0 Å². The van der Waals surface area contributed by atoms with Crippen molar-refractivity contribution < 1.29 is 4.39 Å². The Morgan fingerprint density at radius 3 is 2.82 bits per heavy atom. The average molecular weight is 234 g/mol. The Morgan fingerprint density at radius 2 is 2.29 bits per heavy atom. The second kappa shape index (κ2) is 4.88. The summed E-state index contributed by atoms with van der Waals surface area (Å²) in [5.74, 6) is -0.226. The van der Waals surface area contributed by atoms with E-state index in [4.69, 9.17) is 5.73 Å². The molecule has 3 heteroatoms. The monoisotopic (exact) mass is 234 g/mol. The van der Waals surface area contributed by atoms with Crippen LogP contribution in [0.4, 0.5) is 10.1 Å². The molecule has 1 aromatic rings. The molecule has 1 aliphatic carbocycles. The van der Waals surface area contributed by atoms with E-state index in [1.807, 2.05) is 19.1 Å². The first kappa shape index (κ1) is 12.1. The van der Waals surface area contributed by atoms with Gasteiger partial charge in [-0.3, -0.25) is 0 Å². The Balaban J connectivity index is 2.37. The Morgan fingerprint density at radius 1 is 1.59 bits per heavy atom. The molecule has 2 N–H and O–H groups in total. The number of rotatable bonds is 5. The molecule has 1 saturated carbocycles. The van der Waals surface area contributed by atoms with Gasteiger partial charge in [0.1, 0.15) is 5.82 Å². The number of benzene rings is 1. The minimum atomic E-state index is -0.226. The molecule has 17 heavy (non-hydrogen) atoms. The van der Waals surface area contributed by atoms with Gasteiger partial charge in [0, 0.05) is 24.3 Å². The van der Waals surface area contributed by atoms with Crippen LogP contribution in [0, 0.1) is 5.82 Å². The highest BCUT2D eigenvalue weighted by Crippen LogP contribution is 2.35. The predicted octanol–water partition coefficient (Wildman–Crippen LogP) is 3.00. The number of hydrogen-bond donors (Lipinski definition) is 1. The Bertz CT molecular complexity index is 411. The maximum absolute atomic E-state index is 13.3. The van der Waals surface area contributed by atoms with E-state index in [0.29, 0.717) is 6.04 Å². The zero-order valence-electron chi connectivity index (χ0n) is 10.2. The van der Waals surface area contributed by atoms with Gasteiger partial charge in [-0.1, -0.05) is 6.08 Å². The fourth-order valence-electron chi connectivity index (χ4n) is 2.12. The van der Waals surface area contributed by atoms with Crippen molar-refractivity contribution in [2.75, 3.05) is 11.4 Å². The van der Waals surface area contributed by atoms with Gasteiger partial charge in [-0.2, -0.15) is 0 Å². The highest BCUT2D eigenvalue weighted by atomic mass is 19.1. The van der Waals surface area contributed by atoms with E-state index in [-0.39, 0.29) is 11.9 Å². The summed E-state index contributed by atoms with van der Waals surface area (Å²) in [6, 6.07) is 5.27. The van der Waals surface area contributed by atoms with E-state index in [0.717, 1.165) is 17.8 Å². The average Bonchev–Trinajstić information content (AvgIpc) is 3.10. The van der Waals surface area contributed by atoms with E-state index < -0.39 is 0 Å². The van der Waals surface area contributed by atoms with Gasteiger partial charge >= 0.3 is 0 Å². The number of nitrogens with zero attached hydrogens (tertiary/aromatic N) is 1. The summed E-state index contributed by atoms with van der Waals surface area (Å²) in [7, 11) is 0. The number of halogens is 1. The summed E-state index contributed by atoms with van der Waals surface area (Å²) in [5.41, 5.74) is 7.84. The standard InChI is InChI=1S/C14H19FN2/c1-3-8-17(12-5-6-12)14-7-4-11(15)9-13(14)10(2)16/h3-4,7,9-10,12H,1,5-6,8,16H2,2H3/t10-/m0/s1. The molecule has 1 fully saturated rings. The second-order valence-electron chi connectivity index (χ2n) is 4.66. The molecule has 0 saturated heterocycles. The lowest BCUT2D eigenvalue weighted by Gasteiger charge is -2.27. The Labute approximate surface area is 102 Å². The highest BCUT2D eigenvalue weighted by molar-refractivity contribution is 5.57. The maximum atomic E-state index is 13.3. The fourth-order valence-corrected chi connectivity index (χ4v) is 2.12. The third-order valence-electron chi connectivity index (χ3n) is 3.10. The zero-order chi connectivity index (χ0) is 12.4. The first-order chi connectivity index (χ1) is 8.13. The van der Waals surface area contributed by atoms with Crippen molar-refractivity contribution >= 4 is 5.69 Å². The van der Waals surface area contributed by atoms with Crippen LogP contribution < -0.4 is 10.6 Å². The number of anilines is 1. The largest absolute Gasteiger partial charge is 0.365 e. The van der Waals surface area contributed by atoms with Crippen LogP contribution in [0.5, 0.6) is 0 Å². The lowest BCUT2D eigenvalue weighted by Crippen LogP contribution is -2.27. The summed E-state index contributed by atoms with van der Waals surface area (Å²) in [6.45, 7) is 6.46. The van der Waals surface area contributed by atoms with Crippen LogP contribution in [0.25, 0.3) is 0 Å². The lowest BCUT2D eigenvalue weighted by atomic mass is 10.1. The molecule has 0 amide bonds. The minimum Gasteiger partial charge on any atom is -0.365 e. The molecule has 0 unspecified atom stereocenters. The van der Waals surface area contributed by atoms with Crippen LogP contribution in [0.1, 0.15) is 31.4 Å². The van der Waals surface area contributed by atoms with E-state index in [9.17, 15) is 4.39 Å². The van der Waals surface area contributed by atoms with Crippen LogP contribution in [-0.4, -0.2) is 12.6 Å². The molecule has 0 aromatic heterocycles. The summed E-state index contributed by atoms with van der Waals surface area (Å²) < 4.78 is 13.3. The molecular weight excluding hydrogens is 215 g/mol. The molecule has 2 nitrogen and oxygen atoms in total. The van der Waals surface area contributed by atoms with Crippen LogP contribution in [-0.2, 0) is 0 Å². The Hall–Kier alpha value is -1.35. The molecule has 0 bridgehead atoms. The first-order valence-electron chi connectivity index (χ1n) is 6.06. The fraction of sp³-hybridized carbons (Fsp3) is 0.429. The van der Waals surface area contributed by atoms with Crippen LogP contribution in [0.2, 0.25) is 0 Å². The van der Waals surface area contributed by atoms with Gasteiger partial charge in [-0.15, -0.1) is 6.58 Å². The van der Waals surface area contributed by atoms with Crippen molar-refractivity contribution in [3.63, 3.8) is 0 Å². The summed E-state index contributed by atoms with van der Waals surface area (Å²) >= 11 is 0. The highest BCUT2D eigenvalue weighted by Gasteiger charge is 2.30. The second-order valence-corrected chi connectivity index (χ2v) is 4.66. The molecule has 0 spiro atoms. The van der Waals surface area contributed by atoms with Crippen molar-refractivity contribution in [1.29, 1.82) is 0 Å². The van der Waals surface area contributed by atoms with Crippen molar-refractivity contribution in [3.8, 4) is 0 Å². The van der Waals surface area contributed by atoms with Gasteiger partial charge in [0.05, 0.1) is 0 Å². The molecule has 1 atom stereocenters. The Kier molecular flexibility index (Phi) is 3.48. The summed E-state index contributed by atoms with van der Waals surface area (Å²) in [4.78, 5) is 2.27. The smallest absolute Gasteiger partial charge is 0.123 e. The number of nitrogens with two attached hydrogens (primary N) is 1. The molecule has 0 aliphatic heterocycles. The van der Waals surface area contributed by atoms with E-state index in [1.54, 1.807) is 6.07 Å². The van der Waals surface area contributed by atoms with Gasteiger partial charge < -0.3 is 10.6 Å². The topological polar surface area (TPSA) is 29.3 Å². The predicted molar refractivity (Wildman–Crippen MR) is 69.6 cm³/mol. The molecule has 0 heterocycles. The van der Waals surface area contributed by atoms with Gasteiger partial charge in [-0.25, -0.2) is 4.39 Å². The molecule has 2 rings (SSSR count). The molecular formula is C14H19FN2. The molecule has 92 valence electrons. The van der Waals surface area contributed by atoms with E-state index in [2.05, 4.69) is 11.5 Å². The minimum absolute atomic E-state index is 0.160. The molecule has 1 aliphatic rings. The van der Waals surface area contributed by atoms with Crippen molar-refractivity contribution in [1.82, 2.24) is 0 Å². The summed E-state index contributed by atoms with van der Waals surface area (Å²) in [5, 5.41) is 0. The van der Waals surface area contributed by atoms with Gasteiger partial charge in [-0.05, 0) is 43.5 Å². The zero-order valence-corrected chi connectivity index (χ0v) is 10.2. The quantitative estimate of drug-likeness (QED) is 0.793. The third-order valence-corrected chi connectivity index (χ3v) is 3.10. The first-order valence-corrected chi connectivity index (χ1v) is 6.06. The SMILES string of the molecule is C=CCN(c1ccc(F)cc1[C@H](C)N)C1CC1. The van der Waals surface area contributed by atoms with Crippen molar-refractivity contribution in [3.05, 3.63) is 42.2 Å². The normalized spacial score (nSPS) is 16.6. The molecule has 1 aromatic carbocycles. The van der Waals surface area contributed by atoms with Gasteiger partial charge in [0.2, 0.25) is 0 Å². The number of hydrogen-bond acceptors (Lipinski definition) is 2. The lowest BCUT2D eigenvalue weighted by molar-refractivity contribution is 0.621. The van der Waals surface area contributed by atoms with E-state index in [1.165, 1.54) is 18.9 Å².